The van der Waals surface area contributed by atoms with Gasteiger partial charge in [0.15, 0.2) is 0 Å². The Labute approximate surface area is 157 Å². The molecule has 2 aliphatic rings. The van der Waals surface area contributed by atoms with Crippen LogP contribution in [0.1, 0.15) is 70.9 Å². The fraction of sp³-hybridized carbons (Fsp3) is 0.609. The minimum atomic E-state index is -0.267. The summed E-state index contributed by atoms with van der Waals surface area (Å²) in [5, 5.41) is 11.5. The lowest BCUT2D eigenvalue weighted by molar-refractivity contribution is -0.0601. The Kier molecular flexibility index (Phi) is 4.68. The standard InChI is InChI=1S/C23H32N2O/c1-4-17(3)23(11-9-16(2)10-12-23)22(26)13-20-18-7-5-6-8-19(18)21-14-24-15-25(20)21/h5-8,14-17,20,22,26H,4,9-13H2,1-3H3. The molecule has 0 saturated heterocycles. The molecule has 140 valence electrons. The monoisotopic (exact) mass is 352 g/mol. The molecule has 1 saturated carbocycles. The number of nitrogens with zero attached hydrogens (tertiary/aromatic N) is 2. The van der Waals surface area contributed by atoms with Gasteiger partial charge >= 0.3 is 0 Å². The predicted octanol–water partition coefficient (Wildman–Crippen LogP) is 5.45. The molecular formula is C23H32N2O. The summed E-state index contributed by atoms with van der Waals surface area (Å²) >= 11 is 0. The van der Waals surface area contributed by atoms with Crippen LogP contribution in [-0.4, -0.2) is 20.8 Å². The van der Waals surface area contributed by atoms with Crippen molar-refractivity contribution >= 4 is 0 Å². The van der Waals surface area contributed by atoms with Crippen molar-refractivity contribution in [2.75, 3.05) is 0 Å². The Morgan fingerprint density at radius 2 is 2.00 bits per heavy atom. The van der Waals surface area contributed by atoms with Crippen molar-refractivity contribution in [1.29, 1.82) is 0 Å². The molecule has 1 fully saturated rings. The van der Waals surface area contributed by atoms with E-state index in [1.165, 1.54) is 29.7 Å². The van der Waals surface area contributed by atoms with Crippen LogP contribution in [0.4, 0.5) is 0 Å². The van der Waals surface area contributed by atoms with Gasteiger partial charge in [0.2, 0.25) is 0 Å². The van der Waals surface area contributed by atoms with Crippen molar-refractivity contribution in [3.63, 3.8) is 0 Å². The maximum atomic E-state index is 11.5. The van der Waals surface area contributed by atoms with Crippen LogP contribution in [0.3, 0.4) is 0 Å². The van der Waals surface area contributed by atoms with Crippen molar-refractivity contribution in [2.24, 2.45) is 17.3 Å². The molecule has 2 heterocycles. The summed E-state index contributed by atoms with van der Waals surface area (Å²) in [5.74, 6) is 1.36. The first-order chi connectivity index (χ1) is 12.6. The van der Waals surface area contributed by atoms with E-state index in [1.54, 1.807) is 0 Å². The topological polar surface area (TPSA) is 38.1 Å². The first-order valence-electron chi connectivity index (χ1n) is 10.4. The molecule has 26 heavy (non-hydrogen) atoms. The average Bonchev–Trinajstić information content (AvgIpc) is 3.25. The smallest absolute Gasteiger partial charge is 0.0956 e. The molecule has 3 nitrogen and oxygen atoms in total. The van der Waals surface area contributed by atoms with Crippen LogP contribution < -0.4 is 0 Å². The molecule has 1 N–H and O–H groups in total. The van der Waals surface area contributed by atoms with E-state index >= 15 is 0 Å². The van der Waals surface area contributed by atoms with E-state index in [9.17, 15) is 5.11 Å². The van der Waals surface area contributed by atoms with Crippen molar-refractivity contribution in [3.05, 3.63) is 42.4 Å². The number of rotatable bonds is 5. The minimum Gasteiger partial charge on any atom is -0.392 e. The molecule has 3 unspecified atom stereocenters. The highest BCUT2D eigenvalue weighted by atomic mass is 16.3. The highest BCUT2D eigenvalue weighted by Crippen LogP contribution is 2.51. The number of fused-ring (bicyclic) bond motifs is 3. The lowest BCUT2D eigenvalue weighted by Crippen LogP contribution is -2.44. The molecule has 1 aromatic carbocycles. The quantitative estimate of drug-likeness (QED) is 0.777. The molecule has 0 radical (unpaired) electrons. The lowest BCUT2D eigenvalue weighted by atomic mass is 9.59. The number of imidazole rings is 1. The van der Waals surface area contributed by atoms with Gasteiger partial charge in [-0.05, 0) is 42.1 Å². The Morgan fingerprint density at radius 3 is 2.73 bits per heavy atom. The second kappa shape index (κ2) is 6.84. The zero-order valence-corrected chi connectivity index (χ0v) is 16.4. The average molecular weight is 353 g/mol. The zero-order chi connectivity index (χ0) is 18.3. The van der Waals surface area contributed by atoms with Crippen LogP contribution in [0, 0.1) is 17.3 Å². The van der Waals surface area contributed by atoms with E-state index in [0.29, 0.717) is 5.92 Å². The van der Waals surface area contributed by atoms with E-state index in [1.807, 2.05) is 12.5 Å². The normalized spacial score (nSPS) is 29.8. The third kappa shape index (κ3) is 2.72. The summed E-state index contributed by atoms with van der Waals surface area (Å²) in [6, 6.07) is 8.82. The molecular weight excluding hydrogens is 320 g/mol. The number of benzene rings is 1. The molecule has 4 rings (SSSR count). The summed E-state index contributed by atoms with van der Waals surface area (Å²) in [6.45, 7) is 6.98. The van der Waals surface area contributed by atoms with E-state index in [0.717, 1.165) is 31.6 Å². The second-order valence-electron chi connectivity index (χ2n) is 8.77. The number of aliphatic hydroxyl groups is 1. The van der Waals surface area contributed by atoms with Gasteiger partial charge in [0.25, 0.3) is 0 Å². The largest absolute Gasteiger partial charge is 0.392 e. The molecule has 0 bridgehead atoms. The van der Waals surface area contributed by atoms with Crippen molar-refractivity contribution in [2.45, 2.75) is 71.4 Å². The van der Waals surface area contributed by atoms with Gasteiger partial charge < -0.3 is 9.67 Å². The molecule has 1 aliphatic carbocycles. The van der Waals surface area contributed by atoms with Gasteiger partial charge in [0.1, 0.15) is 0 Å². The van der Waals surface area contributed by atoms with E-state index in [4.69, 9.17) is 0 Å². The second-order valence-corrected chi connectivity index (χ2v) is 8.77. The Bertz CT molecular complexity index is 757. The maximum Gasteiger partial charge on any atom is 0.0956 e. The van der Waals surface area contributed by atoms with E-state index < -0.39 is 0 Å². The minimum absolute atomic E-state index is 0.0690. The first-order valence-corrected chi connectivity index (χ1v) is 10.4. The molecule has 1 aromatic heterocycles. The van der Waals surface area contributed by atoms with Gasteiger partial charge in [-0.1, -0.05) is 64.3 Å². The van der Waals surface area contributed by atoms with Gasteiger partial charge in [-0.3, -0.25) is 0 Å². The third-order valence-electron chi connectivity index (χ3n) is 7.51. The number of hydrogen-bond donors (Lipinski definition) is 1. The molecule has 0 spiro atoms. The van der Waals surface area contributed by atoms with E-state index in [2.05, 4.69) is 54.6 Å². The molecule has 0 amide bonds. The van der Waals surface area contributed by atoms with Gasteiger partial charge in [-0.2, -0.15) is 0 Å². The predicted molar refractivity (Wildman–Crippen MR) is 106 cm³/mol. The van der Waals surface area contributed by atoms with Crippen LogP contribution in [0.15, 0.2) is 36.8 Å². The van der Waals surface area contributed by atoms with Crippen LogP contribution in [0.5, 0.6) is 0 Å². The highest BCUT2D eigenvalue weighted by molar-refractivity contribution is 5.68. The Morgan fingerprint density at radius 1 is 1.27 bits per heavy atom. The van der Waals surface area contributed by atoms with Gasteiger partial charge in [-0.25, -0.2) is 4.98 Å². The molecule has 3 atom stereocenters. The zero-order valence-electron chi connectivity index (χ0n) is 16.4. The number of aliphatic hydroxyl groups excluding tert-OH is 1. The van der Waals surface area contributed by atoms with Crippen LogP contribution in [0.25, 0.3) is 11.3 Å². The van der Waals surface area contributed by atoms with Crippen LogP contribution >= 0.6 is 0 Å². The SMILES string of the molecule is CCC(C)C1(C(O)CC2c3ccccc3-c3cncn32)CCC(C)CC1. The fourth-order valence-corrected chi connectivity index (χ4v) is 5.48. The molecule has 1 aliphatic heterocycles. The summed E-state index contributed by atoms with van der Waals surface area (Å²) in [6.07, 6.45) is 10.4. The first kappa shape index (κ1) is 17.8. The summed E-state index contributed by atoms with van der Waals surface area (Å²) < 4.78 is 2.27. The van der Waals surface area contributed by atoms with Crippen LogP contribution in [-0.2, 0) is 0 Å². The number of hydrogen-bond acceptors (Lipinski definition) is 2. The third-order valence-corrected chi connectivity index (χ3v) is 7.51. The van der Waals surface area contributed by atoms with Crippen LogP contribution in [0.2, 0.25) is 0 Å². The Balaban J connectivity index is 1.64. The summed E-state index contributed by atoms with van der Waals surface area (Å²) in [4.78, 5) is 4.37. The van der Waals surface area contributed by atoms with Crippen molar-refractivity contribution in [3.8, 4) is 11.3 Å². The number of aromatic nitrogens is 2. The molecule has 3 heteroatoms. The summed E-state index contributed by atoms with van der Waals surface area (Å²) in [5.41, 5.74) is 3.87. The summed E-state index contributed by atoms with van der Waals surface area (Å²) in [7, 11) is 0. The van der Waals surface area contributed by atoms with E-state index in [-0.39, 0.29) is 17.6 Å². The molecule has 2 aromatic rings. The van der Waals surface area contributed by atoms with Crippen molar-refractivity contribution < 1.29 is 5.11 Å². The Hall–Kier alpha value is -1.61. The fourth-order valence-electron chi connectivity index (χ4n) is 5.48. The van der Waals surface area contributed by atoms with Gasteiger partial charge in [0.05, 0.1) is 30.4 Å². The maximum absolute atomic E-state index is 11.5. The van der Waals surface area contributed by atoms with Crippen molar-refractivity contribution in [1.82, 2.24) is 9.55 Å². The van der Waals surface area contributed by atoms with Gasteiger partial charge in [0, 0.05) is 5.56 Å². The highest BCUT2D eigenvalue weighted by Gasteiger charge is 2.45. The lowest BCUT2D eigenvalue weighted by Gasteiger charge is -2.48. The van der Waals surface area contributed by atoms with Gasteiger partial charge in [-0.15, -0.1) is 0 Å².